The number of thiazole rings is 1. The van der Waals surface area contributed by atoms with Crippen molar-refractivity contribution in [1.29, 1.82) is 0 Å². The predicted octanol–water partition coefficient (Wildman–Crippen LogP) is 4.11. The second kappa shape index (κ2) is 8.12. The van der Waals surface area contributed by atoms with Crippen molar-refractivity contribution >= 4 is 33.0 Å². The van der Waals surface area contributed by atoms with Gasteiger partial charge >= 0.3 is 0 Å². The van der Waals surface area contributed by atoms with Gasteiger partial charge in [-0.2, -0.15) is 0 Å². The summed E-state index contributed by atoms with van der Waals surface area (Å²) in [5.74, 6) is 0.0126. The third-order valence-corrected chi connectivity index (χ3v) is 8.32. The number of aromatic nitrogens is 2. The molecular formula is C22H26N4O3S2. The summed E-state index contributed by atoms with van der Waals surface area (Å²) in [6.45, 7) is 7.07. The van der Waals surface area contributed by atoms with Crippen LogP contribution in [0.4, 0.5) is 5.69 Å². The lowest BCUT2D eigenvalue weighted by atomic mass is 10.2. The van der Waals surface area contributed by atoms with Gasteiger partial charge in [0.1, 0.15) is 14.8 Å². The molecular weight excluding hydrogens is 432 g/mol. The van der Waals surface area contributed by atoms with Crippen LogP contribution in [0.15, 0.2) is 35.2 Å². The second-order valence-corrected chi connectivity index (χ2v) is 10.6. The fourth-order valence-corrected chi connectivity index (χ4v) is 6.26. The molecule has 0 unspecified atom stereocenters. The van der Waals surface area contributed by atoms with E-state index in [0.717, 1.165) is 31.5 Å². The van der Waals surface area contributed by atoms with Crippen LogP contribution in [0.25, 0.3) is 10.7 Å². The minimum absolute atomic E-state index is 0.0126. The molecule has 3 aromatic rings. The molecule has 0 spiro atoms. The quantitative estimate of drug-likeness (QED) is 0.624. The Morgan fingerprint density at radius 2 is 1.84 bits per heavy atom. The first-order valence-corrected chi connectivity index (χ1v) is 12.5. The van der Waals surface area contributed by atoms with Crippen LogP contribution in [-0.2, 0) is 17.1 Å². The number of likely N-dealkylation sites (tertiary alicyclic amines) is 1. The van der Waals surface area contributed by atoms with Crippen molar-refractivity contribution in [2.45, 2.75) is 38.5 Å². The van der Waals surface area contributed by atoms with Gasteiger partial charge < -0.3 is 9.47 Å². The summed E-state index contributed by atoms with van der Waals surface area (Å²) in [7, 11) is -1.96. The number of hydrogen-bond acceptors (Lipinski definition) is 5. The van der Waals surface area contributed by atoms with Crippen LogP contribution in [0.5, 0.6) is 0 Å². The Kier molecular flexibility index (Phi) is 5.65. The molecule has 4 rings (SSSR count). The topological polar surface area (TPSA) is 84.3 Å². The molecule has 0 bridgehead atoms. The summed E-state index contributed by atoms with van der Waals surface area (Å²) < 4.78 is 30.6. The Balaban J connectivity index is 1.68. The van der Waals surface area contributed by atoms with E-state index in [-0.39, 0.29) is 10.8 Å². The summed E-state index contributed by atoms with van der Waals surface area (Å²) in [4.78, 5) is 20.1. The van der Waals surface area contributed by atoms with Gasteiger partial charge in [-0.25, -0.2) is 13.4 Å². The van der Waals surface area contributed by atoms with Crippen molar-refractivity contribution in [2.24, 2.45) is 7.05 Å². The Morgan fingerprint density at radius 3 is 2.52 bits per heavy atom. The first kappa shape index (κ1) is 21.6. The zero-order valence-electron chi connectivity index (χ0n) is 18.1. The van der Waals surface area contributed by atoms with Gasteiger partial charge in [0.25, 0.3) is 15.9 Å². The SMILES string of the molecule is Cc1cccc(NS(=O)(=O)c2cc(-c3nc(C)c(C(=O)N4CCCC4)s3)n(C)c2C)c1. The fourth-order valence-electron chi connectivity index (χ4n) is 3.84. The lowest BCUT2D eigenvalue weighted by Crippen LogP contribution is -2.27. The Morgan fingerprint density at radius 1 is 1.13 bits per heavy atom. The molecule has 1 saturated heterocycles. The van der Waals surface area contributed by atoms with Crippen LogP contribution < -0.4 is 4.72 Å². The number of sulfonamides is 1. The van der Waals surface area contributed by atoms with Gasteiger partial charge in [-0.3, -0.25) is 9.52 Å². The standard InChI is InChI=1S/C22H26N4O3S2/c1-14-8-7-9-17(12-14)24-31(28,29)19-13-18(25(4)16(19)3)21-23-15(2)20(30-21)22(27)26-10-5-6-11-26/h7-9,12-13,24H,5-6,10-11H2,1-4H3. The molecule has 164 valence electrons. The van der Waals surface area contributed by atoms with Gasteiger partial charge in [0.15, 0.2) is 0 Å². The number of rotatable bonds is 5. The van der Waals surface area contributed by atoms with E-state index in [4.69, 9.17) is 0 Å². The molecule has 1 aliphatic rings. The van der Waals surface area contributed by atoms with Gasteiger partial charge in [-0.05, 0) is 57.4 Å². The van der Waals surface area contributed by atoms with E-state index in [1.165, 1.54) is 11.3 Å². The lowest BCUT2D eigenvalue weighted by Gasteiger charge is -2.13. The minimum atomic E-state index is -3.77. The van der Waals surface area contributed by atoms with Crippen molar-refractivity contribution in [2.75, 3.05) is 17.8 Å². The number of carbonyl (C=O) groups is 1. The maximum absolute atomic E-state index is 13.1. The molecule has 31 heavy (non-hydrogen) atoms. The molecule has 2 aromatic heterocycles. The van der Waals surface area contributed by atoms with Gasteiger partial charge in [0, 0.05) is 31.5 Å². The van der Waals surface area contributed by atoms with E-state index in [2.05, 4.69) is 9.71 Å². The number of nitrogens with one attached hydrogen (secondary N) is 1. The largest absolute Gasteiger partial charge is 0.345 e. The summed E-state index contributed by atoms with van der Waals surface area (Å²) in [5.41, 5.74) is 3.46. The van der Waals surface area contributed by atoms with Gasteiger partial charge in [0.05, 0.1) is 11.4 Å². The van der Waals surface area contributed by atoms with E-state index in [9.17, 15) is 13.2 Å². The van der Waals surface area contributed by atoms with Crippen LogP contribution in [0.2, 0.25) is 0 Å². The van der Waals surface area contributed by atoms with E-state index < -0.39 is 10.0 Å². The van der Waals surface area contributed by atoms with Crippen LogP contribution >= 0.6 is 11.3 Å². The molecule has 9 heteroatoms. The van der Waals surface area contributed by atoms with E-state index in [1.54, 1.807) is 25.1 Å². The van der Waals surface area contributed by atoms with E-state index in [1.807, 2.05) is 42.5 Å². The zero-order chi connectivity index (χ0) is 22.3. The highest BCUT2D eigenvalue weighted by atomic mass is 32.2. The molecule has 0 saturated carbocycles. The molecule has 1 aromatic carbocycles. The highest BCUT2D eigenvalue weighted by Gasteiger charge is 2.27. The number of nitrogens with zero attached hydrogens (tertiary/aromatic N) is 3. The first-order valence-electron chi connectivity index (χ1n) is 10.2. The second-order valence-electron chi connectivity index (χ2n) is 7.95. The van der Waals surface area contributed by atoms with E-state index in [0.29, 0.717) is 32.7 Å². The third-order valence-electron chi connectivity index (χ3n) is 5.65. The molecule has 1 amide bonds. The Bertz CT molecular complexity index is 1250. The average Bonchev–Trinajstić information content (AvgIpc) is 3.42. The molecule has 1 N–H and O–H groups in total. The summed E-state index contributed by atoms with van der Waals surface area (Å²) >= 11 is 1.32. The molecule has 1 aliphatic heterocycles. The normalized spacial score (nSPS) is 14.3. The number of aryl methyl sites for hydroxylation is 2. The van der Waals surface area contributed by atoms with Crippen molar-refractivity contribution in [3.8, 4) is 10.7 Å². The minimum Gasteiger partial charge on any atom is -0.345 e. The monoisotopic (exact) mass is 458 g/mol. The smallest absolute Gasteiger partial charge is 0.265 e. The molecule has 0 radical (unpaired) electrons. The van der Waals surface area contributed by atoms with Crippen molar-refractivity contribution in [3.63, 3.8) is 0 Å². The molecule has 1 fully saturated rings. The fraction of sp³-hybridized carbons (Fsp3) is 0.364. The third kappa shape index (κ3) is 4.12. The van der Waals surface area contributed by atoms with Gasteiger partial charge in [-0.15, -0.1) is 11.3 Å². The highest BCUT2D eigenvalue weighted by Crippen LogP contribution is 2.33. The van der Waals surface area contributed by atoms with Gasteiger partial charge in [0.2, 0.25) is 0 Å². The van der Waals surface area contributed by atoms with Crippen LogP contribution in [0.1, 0.15) is 39.5 Å². The molecule has 0 aliphatic carbocycles. The zero-order valence-corrected chi connectivity index (χ0v) is 19.7. The summed E-state index contributed by atoms with van der Waals surface area (Å²) in [6, 6.07) is 8.88. The number of hydrogen-bond donors (Lipinski definition) is 1. The van der Waals surface area contributed by atoms with Crippen molar-refractivity contribution in [1.82, 2.24) is 14.5 Å². The molecule has 0 atom stereocenters. The first-order chi connectivity index (χ1) is 14.7. The number of benzene rings is 1. The van der Waals surface area contributed by atoms with Crippen LogP contribution in [0, 0.1) is 20.8 Å². The number of amides is 1. The highest BCUT2D eigenvalue weighted by molar-refractivity contribution is 7.92. The Hall–Kier alpha value is -2.65. The molecule has 3 heterocycles. The van der Waals surface area contributed by atoms with Crippen molar-refractivity contribution < 1.29 is 13.2 Å². The average molecular weight is 459 g/mol. The van der Waals surface area contributed by atoms with E-state index >= 15 is 0 Å². The maximum Gasteiger partial charge on any atom is 0.265 e. The maximum atomic E-state index is 13.1. The van der Waals surface area contributed by atoms with Gasteiger partial charge in [-0.1, -0.05) is 12.1 Å². The lowest BCUT2D eigenvalue weighted by molar-refractivity contribution is 0.0796. The Labute approximate surface area is 186 Å². The number of carbonyl (C=O) groups excluding carboxylic acids is 1. The van der Waals surface area contributed by atoms with Crippen molar-refractivity contribution in [3.05, 3.63) is 52.2 Å². The summed E-state index contributed by atoms with van der Waals surface area (Å²) in [6.07, 6.45) is 2.06. The molecule has 7 nitrogen and oxygen atoms in total. The summed E-state index contributed by atoms with van der Waals surface area (Å²) in [5, 5.41) is 0.641. The van der Waals surface area contributed by atoms with Crippen LogP contribution in [-0.4, -0.2) is 41.9 Å². The van der Waals surface area contributed by atoms with Crippen LogP contribution in [0.3, 0.4) is 0 Å². The number of anilines is 1. The predicted molar refractivity (Wildman–Crippen MR) is 123 cm³/mol.